The van der Waals surface area contributed by atoms with Crippen molar-refractivity contribution in [1.29, 1.82) is 0 Å². The third kappa shape index (κ3) is 3.26. The van der Waals surface area contributed by atoms with E-state index in [0.29, 0.717) is 10.6 Å². The maximum atomic E-state index is 13.6. The van der Waals surface area contributed by atoms with E-state index in [1.165, 1.54) is 37.4 Å². The first kappa shape index (κ1) is 14.8. The number of methoxy groups -OCH3 is 1. The van der Waals surface area contributed by atoms with Crippen LogP contribution in [0.3, 0.4) is 0 Å². The van der Waals surface area contributed by atoms with Gasteiger partial charge < -0.3 is 9.84 Å². The molecule has 1 N–H and O–H groups in total. The fourth-order valence-corrected chi connectivity index (χ4v) is 2.12. The summed E-state index contributed by atoms with van der Waals surface area (Å²) in [7, 11) is 1.37. The lowest BCUT2D eigenvalue weighted by Crippen LogP contribution is -2.05. The van der Waals surface area contributed by atoms with Crippen molar-refractivity contribution in [3.8, 4) is 5.75 Å². The standard InChI is InChI=1S/C15H13ClF2O2/c1-20-15-5-2-9(6-13(15)18)7-14(19)11-8-10(16)3-4-12(11)17/h2-6,8,14,19H,7H2,1H3. The van der Waals surface area contributed by atoms with Crippen molar-refractivity contribution in [1.82, 2.24) is 0 Å². The largest absolute Gasteiger partial charge is 0.494 e. The molecule has 0 aliphatic carbocycles. The van der Waals surface area contributed by atoms with Crippen LogP contribution in [-0.2, 0) is 6.42 Å². The van der Waals surface area contributed by atoms with Crippen molar-refractivity contribution >= 4 is 11.6 Å². The lowest BCUT2D eigenvalue weighted by atomic mass is 10.0. The van der Waals surface area contributed by atoms with E-state index in [4.69, 9.17) is 16.3 Å². The minimum absolute atomic E-state index is 0.0815. The SMILES string of the molecule is COc1ccc(CC(O)c2cc(Cl)ccc2F)cc1F. The number of hydrogen-bond acceptors (Lipinski definition) is 2. The second-order valence-electron chi connectivity index (χ2n) is 4.35. The highest BCUT2D eigenvalue weighted by Crippen LogP contribution is 2.26. The Morgan fingerprint density at radius 3 is 2.55 bits per heavy atom. The van der Waals surface area contributed by atoms with Crippen molar-refractivity contribution in [2.24, 2.45) is 0 Å². The van der Waals surface area contributed by atoms with Crippen LogP contribution in [-0.4, -0.2) is 12.2 Å². The molecule has 0 radical (unpaired) electrons. The molecule has 2 aromatic carbocycles. The van der Waals surface area contributed by atoms with Crippen molar-refractivity contribution < 1.29 is 18.6 Å². The van der Waals surface area contributed by atoms with Gasteiger partial charge in [0, 0.05) is 17.0 Å². The zero-order valence-corrected chi connectivity index (χ0v) is 11.5. The average molecular weight is 299 g/mol. The van der Waals surface area contributed by atoms with Crippen LogP contribution in [0.1, 0.15) is 17.2 Å². The normalized spacial score (nSPS) is 12.2. The summed E-state index contributed by atoms with van der Waals surface area (Å²) >= 11 is 5.77. The molecule has 0 fully saturated rings. The van der Waals surface area contributed by atoms with Gasteiger partial charge in [0.25, 0.3) is 0 Å². The van der Waals surface area contributed by atoms with Crippen LogP contribution in [0.4, 0.5) is 8.78 Å². The molecular weight excluding hydrogens is 286 g/mol. The Morgan fingerprint density at radius 1 is 1.15 bits per heavy atom. The minimum Gasteiger partial charge on any atom is -0.494 e. The summed E-state index contributed by atoms with van der Waals surface area (Å²) in [4.78, 5) is 0. The summed E-state index contributed by atoms with van der Waals surface area (Å²) < 4.78 is 32.0. The highest BCUT2D eigenvalue weighted by molar-refractivity contribution is 6.30. The molecule has 20 heavy (non-hydrogen) atoms. The molecule has 0 saturated heterocycles. The molecule has 0 amide bonds. The number of benzene rings is 2. The maximum absolute atomic E-state index is 13.6. The topological polar surface area (TPSA) is 29.5 Å². The number of ether oxygens (including phenoxy) is 1. The summed E-state index contributed by atoms with van der Waals surface area (Å²) in [5, 5.41) is 10.4. The Bertz CT molecular complexity index is 617. The van der Waals surface area contributed by atoms with Gasteiger partial charge in [-0.05, 0) is 35.9 Å². The Labute approximate surface area is 120 Å². The quantitative estimate of drug-likeness (QED) is 0.927. The van der Waals surface area contributed by atoms with E-state index < -0.39 is 17.7 Å². The van der Waals surface area contributed by atoms with Gasteiger partial charge >= 0.3 is 0 Å². The van der Waals surface area contributed by atoms with Gasteiger partial charge in [-0.1, -0.05) is 17.7 Å². The molecule has 2 nitrogen and oxygen atoms in total. The molecule has 0 heterocycles. The highest BCUT2D eigenvalue weighted by Gasteiger charge is 2.15. The van der Waals surface area contributed by atoms with Gasteiger partial charge in [-0.3, -0.25) is 0 Å². The molecule has 0 aromatic heterocycles. The molecule has 1 unspecified atom stereocenters. The van der Waals surface area contributed by atoms with Gasteiger partial charge in [-0.25, -0.2) is 8.78 Å². The van der Waals surface area contributed by atoms with E-state index in [2.05, 4.69) is 0 Å². The van der Waals surface area contributed by atoms with E-state index >= 15 is 0 Å². The zero-order valence-electron chi connectivity index (χ0n) is 10.7. The lowest BCUT2D eigenvalue weighted by Gasteiger charge is -2.13. The van der Waals surface area contributed by atoms with Crippen LogP contribution < -0.4 is 4.74 Å². The van der Waals surface area contributed by atoms with Gasteiger partial charge in [0.2, 0.25) is 0 Å². The van der Waals surface area contributed by atoms with Gasteiger partial charge in [0.05, 0.1) is 13.2 Å². The first-order valence-corrected chi connectivity index (χ1v) is 6.34. The molecular formula is C15H13ClF2O2. The van der Waals surface area contributed by atoms with E-state index in [1.54, 1.807) is 6.07 Å². The third-order valence-corrected chi connectivity index (χ3v) is 3.20. The third-order valence-electron chi connectivity index (χ3n) is 2.96. The van der Waals surface area contributed by atoms with Crippen molar-refractivity contribution in [3.05, 3.63) is 64.2 Å². The van der Waals surface area contributed by atoms with Gasteiger partial charge in [-0.15, -0.1) is 0 Å². The predicted octanol–water partition coefficient (Wildman–Crippen LogP) is 3.90. The summed E-state index contributed by atoms with van der Waals surface area (Å²) in [5.74, 6) is -0.947. The zero-order chi connectivity index (χ0) is 14.7. The van der Waals surface area contributed by atoms with E-state index in [9.17, 15) is 13.9 Å². The Kier molecular flexibility index (Phi) is 4.57. The van der Waals surface area contributed by atoms with Crippen molar-refractivity contribution in [2.75, 3.05) is 7.11 Å². The lowest BCUT2D eigenvalue weighted by molar-refractivity contribution is 0.173. The Balaban J connectivity index is 2.21. The minimum atomic E-state index is -1.10. The summed E-state index contributed by atoms with van der Waals surface area (Å²) in [6.07, 6.45) is -1.01. The van der Waals surface area contributed by atoms with E-state index in [1.807, 2.05) is 0 Å². The van der Waals surface area contributed by atoms with Gasteiger partial charge in [0.15, 0.2) is 11.6 Å². The number of aliphatic hydroxyl groups is 1. The Morgan fingerprint density at radius 2 is 1.90 bits per heavy atom. The average Bonchev–Trinajstić information content (AvgIpc) is 2.41. The van der Waals surface area contributed by atoms with Crippen LogP contribution >= 0.6 is 11.6 Å². The molecule has 0 spiro atoms. The number of hydrogen-bond donors (Lipinski definition) is 1. The fourth-order valence-electron chi connectivity index (χ4n) is 1.94. The highest BCUT2D eigenvalue weighted by atomic mass is 35.5. The number of halogens is 3. The van der Waals surface area contributed by atoms with Crippen LogP contribution in [0.5, 0.6) is 5.75 Å². The second kappa shape index (κ2) is 6.20. The molecule has 0 aliphatic rings. The van der Waals surface area contributed by atoms with Gasteiger partial charge in [-0.2, -0.15) is 0 Å². The van der Waals surface area contributed by atoms with Gasteiger partial charge in [0.1, 0.15) is 5.82 Å². The first-order chi connectivity index (χ1) is 9.51. The Hall–Kier alpha value is -1.65. The van der Waals surface area contributed by atoms with E-state index in [-0.39, 0.29) is 17.7 Å². The van der Waals surface area contributed by atoms with Crippen LogP contribution in [0.2, 0.25) is 5.02 Å². The van der Waals surface area contributed by atoms with Crippen molar-refractivity contribution in [3.63, 3.8) is 0 Å². The van der Waals surface area contributed by atoms with E-state index in [0.717, 1.165) is 0 Å². The smallest absolute Gasteiger partial charge is 0.165 e. The molecule has 5 heteroatoms. The predicted molar refractivity (Wildman–Crippen MR) is 73.0 cm³/mol. The van der Waals surface area contributed by atoms with Crippen LogP contribution in [0.15, 0.2) is 36.4 Å². The molecule has 0 bridgehead atoms. The second-order valence-corrected chi connectivity index (χ2v) is 4.79. The molecule has 0 saturated carbocycles. The summed E-state index contributed by atoms with van der Waals surface area (Å²) in [6, 6.07) is 8.29. The molecule has 1 atom stereocenters. The molecule has 106 valence electrons. The fraction of sp³-hybridized carbons (Fsp3) is 0.200. The molecule has 0 aliphatic heterocycles. The maximum Gasteiger partial charge on any atom is 0.165 e. The molecule has 2 aromatic rings. The first-order valence-electron chi connectivity index (χ1n) is 5.96. The van der Waals surface area contributed by atoms with Crippen molar-refractivity contribution in [2.45, 2.75) is 12.5 Å². The molecule has 2 rings (SSSR count). The number of aliphatic hydroxyl groups excluding tert-OH is 1. The van der Waals surface area contributed by atoms with Crippen LogP contribution in [0.25, 0.3) is 0 Å². The summed E-state index contributed by atoms with van der Waals surface area (Å²) in [5.41, 5.74) is 0.629. The summed E-state index contributed by atoms with van der Waals surface area (Å²) in [6.45, 7) is 0. The monoisotopic (exact) mass is 298 g/mol. The van der Waals surface area contributed by atoms with Crippen LogP contribution in [0, 0.1) is 11.6 Å². The number of rotatable bonds is 4.